The predicted molar refractivity (Wildman–Crippen MR) is 87.4 cm³/mol. The third kappa shape index (κ3) is 5.84. The summed E-state index contributed by atoms with van der Waals surface area (Å²) in [5.74, 6) is -2.63. The lowest BCUT2D eigenvalue weighted by Crippen LogP contribution is -2.46. The first kappa shape index (κ1) is 19.4. The zero-order valence-electron chi connectivity index (χ0n) is 12.7. The highest BCUT2D eigenvalue weighted by Gasteiger charge is 2.41. The summed E-state index contributed by atoms with van der Waals surface area (Å²) in [7, 11) is -3.92. The van der Waals surface area contributed by atoms with Crippen molar-refractivity contribution in [3.05, 3.63) is 29.3 Å². The molecule has 0 radical (unpaired) electrons. The van der Waals surface area contributed by atoms with E-state index in [1.165, 1.54) is 0 Å². The van der Waals surface area contributed by atoms with Gasteiger partial charge in [0.15, 0.2) is 0 Å². The van der Waals surface area contributed by atoms with E-state index < -0.39 is 25.3 Å². The van der Waals surface area contributed by atoms with Crippen molar-refractivity contribution in [2.75, 3.05) is 18.5 Å². The van der Waals surface area contributed by atoms with Crippen molar-refractivity contribution in [1.82, 2.24) is 5.32 Å². The Morgan fingerprint density at radius 3 is 2.17 bits per heavy atom. The molecule has 23 heavy (non-hydrogen) atoms. The molecule has 3 amide bonds. The van der Waals surface area contributed by atoms with Gasteiger partial charge in [-0.2, -0.15) is 0 Å². The van der Waals surface area contributed by atoms with Crippen LogP contribution in [-0.2, 0) is 18.4 Å². The van der Waals surface area contributed by atoms with Crippen LogP contribution < -0.4 is 16.4 Å². The fourth-order valence-corrected chi connectivity index (χ4v) is 3.48. The van der Waals surface area contributed by atoms with E-state index in [1.54, 1.807) is 38.1 Å². The minimum atomic E-state index is -3.92. The monoisotopic (exact) mass is 363 g/mol. The standard InChI is InChI=1S/C13H19ClN3O5P/c1-3-21-23(20,22-4-2)12(11(15)18)17-13(19)16-10-7-5-9(14)6-8-10/h5-8,12H,3-4H2,1-2H3,(H2,15,18)(H2,16,17,19)/t12-/m1/s1. The number of benzene rings is 1. The second-order valence-corrected chi connectivity index (χ2v) is 6.83. The van der Waals surface area contributed by atoms with Gasteiger partial charge in [-0.3, -0.25) is 9.36 Å². The van der Waals surface area contributed by atoms with Gasteiger partial charge in [-0.05, 0) is 38.1 Å². The first-order valence-electron chi connectivity index (χ1n) is 6.83. The normalized spacial score (nSPS) is 12.5. The lowest BCUT2D eigenvalue weighted by molar-refractivity contribution is -0.118. The molecular formula is C13H19ClN3O5P. The van der Waals surface area contributed by atoms with Gasteiger partial charge in [0, 0.05) is 10.7 Å². The fraction of sp³-hybridized carbons (Fsp3) is 0.385. The SMILES string of the molecule is CCOP(=O)(OCC)[C@@H](NC(=O)Nc1ccc(Cl)cc1)C(N)=O. The third-order valence-electron chi connectivity index (χ3n) is 2.57. The minimum Gasteiger partial charge on any atom is -0.367 e. The number of rotatable bonds is 8. The van der Waals surface area contributed by atoms with Gasteiger partial charge >= 0.3 is 13.6 Å². The number of anilines is 1. The molecule has 0 fully saturated rings. The van der Waals surface area contributed by atoms with E-state index in [1.807, 2.05) is 0 Å². The number of halogens is 1. The number of carbonyl (C=O) groups excluding carboxylic acids is 2. The van der Waals surface area contributed by atoms with Crippen molar-refractivity contribution < 1.29 is 23.2 Å². The smallest absolute Gasteiger partial charge is 0.362 e. The van der Waals surface area contributed by atoms with Crippen LogP contribution in [0.5, 0.6) is 0 Å². The third-order valence-corrected chi connectivity index (χ3v) is 5.08. The number of urea groups is 1. The largest absolute Gasteiger partial charge is 0.367 e. The van der Waals surface area contributed by atoms with Crippen LogP contribution in [0, 0.1) is 0 Å². The van der Waals surface area contributed by atoms with E-state index in [-0.39, 0.29) is 13.2 Å². The average Bonchev–Trinajstić information content (AvgIpc) is 2.47. The molecule has 0 aliphatic carbocycles. The highest BCUT2D eigenvalue weighted by Crippen LogP contribution is 2.51. The van der Waals surface area contributed by atoms with Gasteiger partial charge in [0.25, 0.3) is 5.91 Å². The summed E-state index contributed by atoms with van der Waals surface area (Å²) in [6.07, 6.45) is 0. The number of amides is 3. The summed E-state index contributed by atoms with van der Waals surface area (Å²) in [6, 6.07) is 5.50. The molecule has 0 bridgehead atoms. The molecule has 4 N–H and O–H groups in total. The quantitative estimate of drug-likeness (QED) is 0.613. The Morgan fingerprint density at radius 1 is 1.22 bits per heavy atom. The van der Waals surface area contributed by atoms with E-state index >= 15 is 0 Å². The van der Waals surface area contributed by atoms with E-state index in [9.17, 15) is 14.2 Å². The van der Waals surface area contributed by atoms with Gasteiger partial charge in [-0.15, -0.1) is 0 Å². The molecule has 0 aromatic heterocycles. The molecule has 0 unspecified atom stereocenters. The van der Waals surface area contributed by atoms with E-state index in [4.69, 9.17) is 26.4 Å². The summed E-state index contributed by atoms with van der Waals surface area (Å²) in [5.41, 5.74) is 5.64. The topological polar surface area (TPSA) is 120 Å². The summed E-state index contributed by atoms with van der Waals surface area (Å²) in [6.45, 7) is 3.22. The molecule has 0 heterocycles. The Hall–Kier alpha value is -1.60. The lowest BCUT2D eigenvalue weighted by Gasteiger charge is -2.24. The maximum atomic E-state index is 12.6. The molecule has 8 nitrogen and oxygen atoms in total. The average molecular weight is 364 g/mol. The maximum Gasteiger partial charge on any atom is 0.362 e. The van der Waals surface area contributed by atoms with Gasteiger partial charge < -0.3 is 25.4 Å². The van der Waals surface area contributed by atoms with Crippen molar-refractivity contribution in [3.8, 4) is 0 Å². The number of nitrogens with two attached hydrogens (primary N) is 1. The van der Waals surface area contributed by atoms with Crippen LogP contribution in [0.4, 0.5) is 10.5 Å². The summed E-state index contributed by atoms with van der Waals surface area (Å²) in [4.78, 5) is 23.5. The molecule has 0 spiro atoms. The van der Waals surface area contributed by atoms with Crippen LogP contribution in [0.15, 0.2) is 24.3 Å². The molecule has 1 aromatic rings. The summed E-state index contributed by atoms with van der Waals surface area (Å²) in [5, 5.41) is 5.18. The van der Waals surface area contributed by atoms with E-state index in [0.29, 0.717) is 10.7 Å². The molecule has 10 heteroatoms. The van der Waals surface area contributed by atoms with Crippen molar-refractivity contribution >= 4 is 36.8 Å². The van der Waals surface area contributed by atoms with Crippen LogP contribution in [0.3, 0.4) is 0 Å². The maximum absolute atomic E-state index is 12.6. The Morgan fingerprint density at radius 2 is 1.74 bits per heavy atom. The van der Waals surface area contributed by atoms with Crippen LogP contribution in [0.25, 0.3) is 0 Å². The van der Waals surface area contributed by atoms with Crippen molar-refractivity contribution in [1.29, 1.82) is 0 Å². The second kappa shape index (κ2) is 8.88. The van der Waals surface area contributed by atoms with Crippen molar-refractivity contribution in [2.24, 2.45) is 5.73 Å². The summed E-state index contributed by atoms with van der Waals surface area (Å²) >= 11 is 5.74. The van der Waals surface area contributed by atoms with Crippen molar-refractivity contribution in [2.45, 2.75) is 19.6 Å². The van der Waals surface area contributed by atoms with Crippen LogP contribution >= 0.6 is 19.2 Å². The number of primary amides is 1. The zero-order chi connectivity index (χ0) is 17.5. The number of hydrogen-bond acceptors (Lipinski definition) is 5. The Labute approximate surface area is 139 Å². The highest BCUT2D eigenvalue weighted by molar-refractivity contribution is 7.55. The van der Waals surface area contributed by atoms with Gasteiger partial charge in [0.1, 0.15) is 0 Å². The molecule has 0 saturated heterocycles. The number of hydrogen-bond donors (Lipinski definition) is 3. The molecule has 1 aromatic carbocycles. The molecule has 0 saturated carbocycles. The summed E-state index contributed by atoms with van der Waals surface area (Å²) < 4.78 is 22.6. The van der Waals surface area contributed by atoms with Crippen LogP contribution in [0.1, 0.15) is 13.8 Å². The predicted octanol–water partition coefficient (Wildman–Crippen LogP) is 2.54. The Bertz CT molecular complexity index is 586. The van der Waals surface area contributed by atoms with E-state index in [0.717, 1.165) is 0 Å². The van der Waals surface area contributed by atoms with Gasteiger partial charge in [-0.25, -0.2) is 4.79 Å². The number of nitrogens with one attached hydrogen (secondary N) is 2. The second-order valence-electron chi connectivity index (χ2n) is 4.29. The Kier molecular flexibility index (Phi) is 7.51. The number of carbonyl (C=O) groups is 2. The first-order valence-corrected chi connectivity index (χ1v) is 8.82. The molecule has 128 valence electrons. The molecule has 0 aliphatic heterocycles. The van der Waals surface area contributed by atoms with Crippen LogP contribution in [-0.4, -0.2) is 30.9 Å². The van der Waals surface area contributed by atoms with Gasteiger partial charge in [0.05, 0.1) is 13.2 Å². The minimum absolute atomic E-state index is 0.0293. The highest BCUT2D eigenvalue weighted by atomic mass is 35.5. The van der Waals surface area contributed by atoms with Gasteiger partial charge in [-0.1, -0.05) is 11.6 Å². The molecule has 0 aliphatic rings. The molecule has 1 atom stereocenters. The first-order chi connectivity index (χ1) is 10.8. The Balaban J connectivity index is 2.85. The van der Waals surface area contributed by atoms with E-state index in [2.05, 4.69) is 10.6 Å². The van der Waals surface area contributed by atoms with Gasteiger partial charge in [0.2, 0.25) is 5.78 Å². The zero-order valence-corrected chi connectivity index (χ0v) is 14.4. The van der Waals surface area contributed by atoms with Crippen LogP contribution in [0.2, 0.25) is 5.02 Å². The molecule has 1 rings (SSSR count). The van der Waals surface area contributed by atoms with Crippen molar-refractivity contribution in [3.63, 3.8) is 0 Å². The lowest BCUT2D eigenvalue weighted by atomic mass is 10.3. The molecular weight excluding hydrogens is 345 g/mol. The fourth-order valence-electron chi connectivity index (χ4n) is 1.68.